The Bertz CT molecular complexity index is 538. The molecule has 0 radical (unpaired) electrons. The summed E-state index contributed by atoms with van der Waals surface area (Å²) >= 11 is 0. The zero-order chi connectivity index (χ0) is 30.6. The molecule has 0 spiro atoms. The van der Waals surface area contributed by atoms with Crippen molar-refractivity contribution < 1.29 is 9.53 Å². The highest BCUT2D eigenvalue weighted by atomic mass is 16.5. The van der Waals surface area contributed by atoms with Crippen molar-refractivity contribution in [1.29, 1.82) is 0 Å². The second kappa shape index (κ2) is 36.4. The first-order valence-electron chi connectivity index (χ1n) is 19.5. The smallest absolute Gasteiger partial charge is 0.305 e. The van der Waals surface area contributed by atoms with Crippen LogP contribution >= 0.6 is 0 Å². The highest BCUT2D eigenvalue weighted by Crippen LogP contribution is 2.15. The van der Waals surface area contributed by atoms with Gasteiger partial charge in [0.1, 0.15) is 0 Å². The Morgan fingerprint density at radius 2 is 0.833 bits per heavy atom. The second-order valence-corrected chi connectivity index (χ2v) is 13.7. The van der Waals surface area contributed by atoms with Gasteiger partial charge in [-0.1, -0.05) is 193 Å². The molecule has 0 rings (SSSR count). The topological polar surface area (TPSA) is 26.3 Å². The Hall–Kier alpha value is -0.790. The molecule has 0 aromatic heterocycles. The number of allylic oxidation sites excluding steroid dienone is 2. The van der Waals surface area contributed by atoms with Gasteiger partial charge in [-0.25, -0.2) is 0 Å². The first kappa shape index (κ1) is 41.2. The Morgan fingerprint density at radius 3 is 1.26 bits per heavy atom. The summed E-state index contributed by atoms with van der Waals surface area (Å²) < 4.78 is 5.45. The molecule has 0 aliphatic carbocycles. The van der Waals surface area contributed by atoms with Crippen LogP contribution in [0.25, 0.3) is 0 Å². The second-order valence-electron chi connectivity index (χ2n) is 13.7. The van der Waals surface area contributed by atoms with E-state index in [0.29, 0.717) is 13.0 Å². The molecule has 0 saturated carbocycles. The van der Waals surface area contributed by atoms with E-state index in [0.717, 1.165) is 18.8 Å². The summed E-state index contributed by atoms with van der Waals surface area (Å²) in [6.07, 6.45) is 47.1. The van der Waals surface area contributed by atoms with E-state index in [-0.39, 0.29) is 5.97 Å². The zero-order valence-corrected chi connectivity index (χ0v) is 29.4. The number of unbranched alkanes of at least 4 members (excludes halogenated alkanes) is 27. The quantitative estimate of drug-likeness (QED) is 0.0417. The van der Waals surface area contributed by atoms with Crippen molar-refractivity contribution in [2.24, 2.45) is 5.92 Å². The molecule has 0 unspecified atom stereocenters. The lowest BCUT2D eigenvalue weighted by Gasteiger charge is -2.06. The summed E-state index contributed by atoms with van der Waals surface area (Å²) in [7, 11) is 0. The number of esters is 1. The minimum atomic E-state index is 0.0247. The van der Waals surface area contributed by atoms with E-state index in [1.54, 1.807) is 0 Å². The number of ether oxygens (including phenoxy) is 1. The zero-order valence-electron chi connectivity index (χ0n) is 29.4. The lowest BCUT2D eigenvalue weighted by molar-refractivity contribution is -0.143. The molecular weight excluding hydrogens is 512 g/mol. The van der Waals surface area contributed by atoms with Crippen LogP contribution in [0.2, 0.25) is 0 Å². The van der Waals surface area contributed by atoms with Crippen molar-refractivity contribution in [1.82, 2.24) is 0 Å². The predicted molar refractivity (Wildman–Crippen MR) is 188 cm³/mol. The molecule has 0 saturated heterocycles. The molecule has 0 aliphatic heterocycles. The summed E-state index contributed by atoms with van der Waals surface area (Å²) in [6, 6.07) is 0. The third-order valence-electron chi connectivity index (χ3n) is 8.83. The summed E-state index contributed by atoms with van der Waals surface area (Å²) in [5, 5.41) is 0. The lowest BCUT2D eigenvalue weighted by atomic mass is 10.0. The largest absolute Gasteiger partial charge is 0.466 e. The molecule has 0 fully saturated rings. The van der Waals surface area contributed by atoms with Crippen LogP contribution in [-0.2, 0) is 9.53 Å². The number of hydrogen-bond acceptors (Lipinski definition) is 2. The van der Waals surface area contributed by atoms with Crippen molar-refractivity contribution in [3.05, 3.63) is 12.2 Å². The minimum Gasteiger partial charge on any atom is -0.466 e. The van der Waals surface area contributed by atoms with Crippen LogP contribution in [0.4, 0.5) is 0 Å². The molecule has 42 heavy (non-hydrogen) atoms. The van der Waals surface area contributed by atoms with Crippen LogP contribution in [0.15, 0.2) is 12.2 Å². The standard InChI is InChI=1S/C40H78O2/c1-4-5-6-7-8-9-10-11-12-13-14-15-16-17-18-19-22-25-28-31-34-37-40(41)42-38-35-32-29-26-23-20-21-24-27-30-33-36-39(2)3/h11-12,39H,4-10,13-38H2,1-3H3/b12-11+. The highest BCUT2D eigenvalue weighted by molar-refractivity contribution is 5.69. The molecular formula is C40H78O2. The summed E-state index contributed by atoms with van der Waals surface area (Å²) in [6.45, 7) is 7.57. The molecule has 0 atom stereocenters. The van der Waals surface area contributed by atoms with Gasteiger partial charge in [0.25, 0.3) is 0 Å². The first-order valence-corrected chi connectivity index (χ1v) is 19.5. The van der Waals surface area contributed by atoms with Crippen LogP contribution in [0, 0.1) is 5.92 Å². The summed E-state index contributed by atoms with van der Waals surface area (Å²) in [4.78, 5) is 12.0. The Labute approximate surface area is 266 Å². The fourth-order valence-corrected chi connectivity index (χ4v) is 5.90. The fraction of sp³-hybridized carbons (Fsp3) is 0.925. The SMILES string of the molecule is CCCCCCCC/C=C/CCCCCCCCCCCCCC(=O)OCCCCCCCCCCCCCC(C)C. The van der Waals surface area contributed by atoms with E-state index in [2.05, 4.69) is 32.9 Å². The van der Waals surface area contributed by atoms with Crippen molar-refractivity contribution >= 4 is 5.97 Å². The van der Waals surface area contributed by atoms with E-state index < -0.39 is 0 Å². The maximum atomic E-state index is 12.0. The molecule has 0 N–H and O–H groups in total. The van der Waals surface area contributed by atoms with Gasteiger partial charge < -0.3 is 4.74 Å². The van der Waals surface area contributed by atoms with Crippen molar-refractivity contribution in [2.75, 3.05) is 6.61 Å². The highest BCUT2D eigenvalue weighted by Gasteiger charge is 2.03. The van der Waals surface area contributed by atoms with E-state index in [1.807, 2.05) is 0 Å². The number of carbonyl (C=O) groups is 1. The van der Waals surface area contributed by atoms with Gasteiger partial charge in [0.05, 0.1) is 6.61 Å². The van der Waals surface area contributed by atoms with Gasteiger partial charge >= 0.3 is 5.97 Å². The van der Waals surface area contributed by atoms with Gasteiger partial charge in [-0.2, -0.15) is 0 Å². The number of hydrogen-bond donors (Lipinski definition) is 0. The number of rotatable bonds is 35. The maximum absolute atomic E-state index is 12.0. The van der Waals surface area contributed by atoms with Gasteiger partial charge in [-0.15, -0.1) is 0 Å². The van der Waals surface area contributed by atoms with Crippen molar-refractivity contribution in [3.8, 4) is 0 Å². The Morgan fingerprint density at radius 1 is 0.476 bits per heavy atom. The van der Waals surface area contributed by atoms with E-state index >= 15 is 0 Å². The monoisotopic (exact) mass is 591 g/mol. The minimum absolute atomic E-state index is 0.0247. The van der Waals surface area contributed by atoms with Gasteiger partial charge in [-0.3, -0.25) is 4.79 Å². The van der Waals surface area contributed by atoms with Crippen LogP contribution in [-0.4, -0.2) is 12.6 Å². The van der Waals surface area contributed by atoms with Gasteiger partial charge in [0.15, 0.2) is 0 Å². The van der Waals surface area contributed by atoms with E-state index in [1.165, 1.54) is 186 Å². The van der Waals surface area contributed by atoms with Crippen LogP contribution < -0.4 is 0 Å². The molecule has 2 nitrogen and oxygen atoms in total. The predicted octanol–water partition coefficient (Wildman–Crippen LogP) is 14.2. The maximum Gasteiger partial charge on any atom is 0.305 e. The lowest BCUT2D eigenvalue weighted by Crippen LogP contribution is -2.05. The van der Waals surface area contributed by atoms with Gasteiger partial charge in [0, 0.05) is 6.42 Å². The van der Waals surface area contributed by atoms with Crippen LogP contribution in [0.5, 0.6) is 0 Å². The van der Waals surface area contributed by atoms with Gasteiger partial charge in [-0.05, 0) is 44.4 Å². The third kappa shape index (κ3) is 37.2. The normalized spacial score (nSPS) is 11.7. The van der Waals surface area contributed by atoms with Crippen molar-refractivity contribution in [2.45, 2.75) is 226 Å². The molecule has 2 heteroatoms. The molecule has 250 valence electrons. The first-order chi connectivity index (χ1) is 20.7. The molecule has 0 aromatic rings. The van der Waals surface area contributed by atoms with E-state index in [4.69, 9.17) is 4.74 Å². The number of carbonyl (C=O) groups excluding carboxylic acids is 1. The fourth-order valence-electron chi connectivity index (χ4n) is 5.90. The van der Waals surface area contributed by atoms with Crippen LogP contribution in [0.3, 0.4) is 0 Å². The Kier molecular flexibility index (Phi) is 35.7. The molecule has 0 heterocycles. The van der Waals surface area contributed by atoms with Crippen molar-refractivity contribution in [3.63, 3.8) is 0 Å². The average Bonchev–Trinajstić information content (AvgIpc) is 2.98. The molecule has 0 bridgehead atoms. The summed E-state index contributed by atoms with van der Waals surface area (Å²) in [5.74, 6) is 0.891. The van der Waals surface area contributed by atoms with Gasteiger partial charge in [0.2, 0.25) is 0 Å². The average molecular weight is 591 g/mol. The Balaban J connectivity index is 3.18. The molecule has 0 aliphatic rings. The molecule has 0 aromatic carbocycles. The van der Waals surface area contributed by atoms with Crippen LogP contribution in [0.1, 0.15) is 226 Å². The molecule has 0 amide bonds. The third-order valence-corrected chi connectivity index (χ3v) is 8.83. The van der Waals surface area contributed by atoms with E-state index in [9.17, 15) is 4.79 Å². The summed E-state index contributed by atoms with van der Waals surface area (Å²) in [5.41, 5.74) is 0.